The van der Waals surface area contributed by atoms with Gasteiger partial charge in [0.25, 0.3) is 10.0 Å². The maximum Gasteiger partial charge on any atom is 0.416 e. The normalized spacial score (nSPS) is 12.0. The molecule has 0 aliphatic carbocycles. The molecule has 0 amide bonds. The van der Waals surface area contributed by atoms with Gasteiger partial charge >= 0.3 is 6.18 Å². The zero-order chi connectivity index (χ0) is 22.9. The molecule has 13 heteroatoms. The topological polar surface area (TPSA) is 84.0 Å². The lowest BCUT2D eigenvalue weighted by atomic mass is 10.1. The molecule has 0 spiro atoms. The maximum absolute atomic E-state index is 14.2. The molecule has 4 rings (SSSR count). The van der Waals surface area contributed by atoms with Gasteiger partial charge in [0, 0.05) is 28.2 Å². The van der Waals surface area contributed by atoms with Crippen LogP contribution in [0.25, 0.3) is 11.3 Å². The first kappa shape index (κ1) is 22.2. The predicted molar refractivity (Wildman–Crippen MR) is 115 cm³/mol. The molecule has 0 bridgehead atoms. The average molecular weight is 501 g/mol. The summed E-state index contributed by atoms with van der Waals surface area (Å²) >= 11 is 2.27. The van der Waals surface area contributed by atoms with Crippen molar-refractivity contribution in [2.75, 3.05) is 10.0 Å². The summed E-state index contributed by atoms with van der Waals surface area (Å²) in [7, 11) is -3.79. The highest BCUT2D eigenvalue weighted by Gasteiger charge is 2.31. The molecule has 2 N–H and O–H groups in total. The molecular weight excluding hydrogens is 488 g/mol. The van der Waals surface area contributed by atoms with Crippen LogP contribution in [-0.2, 0) is 16.2 Å². The Bertz CT molecular complexity index is 1340. The fourth-order valence-corrected chi connectivity index (χ4v) is 5.16. The van der Waals surface area contributed by atoms with Crippen molar-refractivity contribution in [3.8, 4) is 11.3 Å². The molecule has 0 aliphatic rings. The predicted octanol–water partition coefficient (Wildman–Crippen LogP) is 5.97. The number of alkyl halides is 3. The highest BCUT2D eigenvalue weighted by atomic mass is 32.2. The van der Waals surface area contributed by atoms with Gasteiger partial charge in [0.15, 0.2) is 10.3 Å². The smallest absolute Gasteiger partial charge is 0.332 e. The zero-order valence-corrected chi connectivity index (χ0v) is 18.2. The van der Waals surface area contributed by atoms with Crippen molar-refractivity contribution in [1.29, 1.82) is 0 Å². The van der Waals surface area contributed by atoms with E-state index in [1.54, 1.807) is 5.38 Å². The number of sulfonamides is 1. The SMILES string of the molecule is O=S(=O)(Nc1nccs1)c1ccc(Nc2nc(-c3ccc(C(F)(F)F)cc3F)cs2)cc1. The van der Waals surface area contributed by atoms with Crippen molar-refractivity contribution in [1.82, 2.24) is 9.97 Å². The zero-order valence-electron chi connectivity index (χ0n) is 15.7. The minimum absolute atomic E-state index is 0.0323. The second-order valence-electron chi connectivity index (χ2n) is 6.32. The van der Waals surface area contributed by atoms with Gasteiger partial charge in [-0.05, 0) is 42.5 Å². The van der Waals surface area contributed by atoms with E-state index < -0.39 is 27.6 Å². The molecule has 2 heterocycles. The molecular formula is C19H12F4N4O2S3. The lowest BCUT2D eigenvalue weighted by Gasteiger charge is -2.08. The molecule has 0 atom stereocenters. The molecule has 0 fully saturated rings. The van der Waals surface area contributed by atoms with Gasteiger partial charge in [0.2, 0.25) is 0 Å². The lowest BCUT2D eigenvalue weighted by Crippen LogP contribution is -2.12. The van der Waals surface area contributed by atoms with E-state index in [0.717, 1.165) is 34.8 Å². The molecule has 0 radical (unpaired) electrons. The van der Waals surface area contributed by atoms with Crippen LogP contribution in [0.1, 0.15) is 5.56 Å². The van der Waals surface area contributed by atoms with Crippen LogP contribution in [0.2, 0.25) is 0 Å². The Morgan fingerprint density at radius 2 is 1.72 bits per heavy atom. The molecule has 166 valence electrons. The number of hydrogen-bond donors (Lipinski definition) is 2. The number of hydrogen-bond acceptors (Lipinski definition) is 7. The molecule has 0 aliphatic heterocycles. The number of rotatable bonds is 6. The minimum Gasteiger partial charge on any atom is -0.332 e. The van der Waals surface area contributed by atoms with Crippen molar-refractivity contribution in [3.63, 3.8) is 0 Å². The van der Waals surface area contributed by atoms with Gasteiger partial charge in [0.1, 0.15) is 5.82 Å². The molecule has 2 aromatic carbocycles. The van der Waals surface area contributed by atoms with Crippen molar-refractivity contribution in [3.05, 3.63) is 70.8 Å². The van der Waals surface area contributed by atoms with Crippen LogP contribution < -0.4 is 10.0 Å². The Kier molecular flexibility index (Phi) is 5.88. The summed E-state index contributed by atoms with van der Waals surface area (Å²) in [6, 6.07) is 8.09. The second-order valence-corrected chi connectivity index (χ2v) is 9.76. The molecule has 0 saturated heterocycles. The molecule has 6 nitrogen and oxygen atoms in total. The monoisotopic (exact) mass is 500 g/mol. The number of anilines is 3. The maximum atomic E-state index is 14.2. The Morgan fingerprint density at radius 1 is 0.969 bits per heavy atom. The number of aromatic nitrogens is 2. The van der Waals surface area contributed by atoms with E-state index in [0.29, 0.717) is 16.9 Å². The van der Waals surface area contributed by atoms with Crippen molar-refractivity contribution < 1.29 is 26.0 Å². The van der Waals surface area contributed by atoms with Gasteiger partial charge in [-0.3, -0.25) is 4.72 Å². The summed E-state index contributed by atoms with van der Waals surface area (Å²) in [6.45, 7) is 0. The third kappa shape index (κ3) is 4.89. The highest BCUT2D eigenvalue weighted by Crippen LogP contribution is 2.34. The third-order valence-electron chi connectivity index (χ3n) is 4.15. The van der Waals surface area contributed by atoms with E-state index in [9.17, 15) is 26.0 Å². The first-order valence-electron chi connectivity index (χ1n) is 8.74. The summed E-state index contributed by atoms with van der Waals surface area (Å²) in [5, 5.41) is 6.71. The van der Waals surface area contributed by atoms with Gasteiger partial charge < -0.3 is 5.32 Å². The van der Waals surface area contributed by atoms with E-state index in [1.165, 1.54) is 35.8 Å². The van der Waals surface area contributed by atoms with Gasteiger partial charge in [-0.1, -0.05) is 0 Å². The lowest BCUT2D eigenvalue weighted by molar-refractivity contribution is -0.137. The number of halogens is 4. The quantitative estimate of drug-likeness (QED) is 0.319. The first-order chi connectivity index (χ1) is 15.1. The van der Waals surface area contributed by atoms with Crippen molar-refractivity contribution in [2.45, 2.75) is 11.1 Å². The summed E-state index contributed by atoms with van der Waals surface area (Å²) in [5.74, 6) is -1.03. The number of nitrogens with zero attached hydrogens (tertiary/aromatic N) is 2. The number of nitrogens with one attached hydrogen (secondary N) is 2. The van der Waals surface area contributed by atoms with Crippen molar-refractivity contribution in [2.24, 2.45) is 0 Å². The Hall–Kier alpha value is -3.03. The van der Waals surface area contributed by atoms with Gasteiger partial charge in [0.05, 0.1) is 16.2 Å². The van der Waals surface area contributed by atoms with Crippen LogP contribution in [0.15, 0.2) is 64.3 Å². The van der Waals surface area contributed by atoms with E-state index in [1.807, 2.05) is 0 Å². The summed E-state index contributed by atoms with van der Waals surface area (Å²) in [6.07, 6.45) is -3.15. The highest BCUT2D eigenvalue weighted by molar-refractivity contribution is 7.93. The fourth-order valence-electron chi connectivity index (χ4n) is 2.64. The van der Waals surface area contributed by atoms with Gasteiger partial charge in [-0.2, -0.15) is 13.2 Å². The Balaban J connectivity index is 1.48. The van der Waals surface area contributed by atoms with Crippen LogP contribution in [0.3, 0.4) is 0 Å². The van der Waals surface area contributed by atoms with E-state index in [-0.39, 0.29) is 21.3 Å². The Morgan fingerprint density at radius 3 is 2.34 bits per heavy atom. The standard InChI is InChI=1S/C19H12F4N4O2S3/c20-15-9-11(19(21,22)23)1-6-14(15)16-10-31-18(26-16)25-12-2-4-13(5-3-12)32(28,29)27-17-24-7-8-30-17/h1-10H,(H,24,27)(H,25,26). The molecule has 4 aromatic rings. The van der Waals surface area contributed by atoms with Crippen LogP contribution in [0.5, 0.6) is 0 Å². The molecule has 32 heavy (non-hydrogen) atoms. The molecule has 0 unspecified atom stereocenters. The number of thiazole rings is 2. The van der Waals surface area contributed by atoms with E-state index >= 15 is 0 Å². The first-order valence-corrected chi connectivity index (χ1v) is 12.0. The third-order valence-corrected chi connectivity index (χ3v) is 7.08. The van der Waals surface area contributed by atoms with E-state index in [4.69, 9.17) is 0 Å². The second kappa shape index (κ2) is 8.48. The van der Waals surface area contributed by atoms with Gasteiger partial charge in [-0.15, -0.1) is 22.7 Å². The number of benzene rings is 2. The summed E-state index contributed by atoms with van der Waals surface area (Å²) in [5.41, 5.74) is -0.439. The summed E-state index contributed by atoms with van der Waals surface area (Å²) < 4.78 is 79.4. The molecule has 0 saturated carbocycles. The van der Waals surface area contributed by atoms with Crippen LogP contribution in [0, 0.1) is 5.82 Å². The van der Waals surface area contributed by atoms with E-state index in [2.05, 4.69) is 20.0 Å². The molecule has 2 aromatic heterocycles. The fraction of sp³-hybridized carbons (Fsp3) is 0.0526. The Labute approximate surface area is 187 Å². The summed E-state index contributed by atoms with van der Waals surface area (Å²) in [4.78, 5) is 8.11. The largest absolute Gasteiger partial charge is 0.416 e. The average Bonchev–Trinajstić information content (AvgIpc) is 3.39. The van der Waals surface area contributed by atoms with Gasteiger partial charge in [-0.25, -0.2) is 22.8 Å². The van der Waals surface area contributed by atoms with Crippen molar-refractivity contribution >= 4 is 48.6 Å². The minimum atomic E-state index is -4.64. The van der Waals surface area contributed by atoms with Crippen LogP contribution >= 0.6 is 22.7 Å². The van der Waals surface area contributed by atoms with Crippen LogP contribution in [0.4, 0.5) is 33.5 Å². The van der Waals surface area contributed by atoms with Crippen LogP contribution in [-0.4, -0.2) is 18.4 Å².